The van der Waals surface area contributed by atoms with Gasteiger partial charge in [-0.2, -0.15) is 4.72 Å². The van der Waals surface area contributed by atoms with Crippen LogP contribution in [-0.4, -0.2) is 20.8 Å². The number of carbonyl (C=O) groups is 1. The number of halogens is 2. The second-order valence-corrected chi connectivity index (χ2v) is 8.47. The van der Waals surface area contributed by atoms with Crippen LogP contribution in [0.15, 0.2) is 63.5 Å². The highest BCUT2D eigenvalue weighted by Gasteiger charge is 2.48. The van der Waals surface area contributed by atoms with Crippen molar-refractivity contribution in [2.24, 2.45) is 0 Å². The van der Waals surface area contributed by atoms with Gasteiger partial charge in [0.15, 0.2) is 5.72 Å². The van der Waals surface area contributed by atoms with E-state index in [9.17, 15) is 13.2 Å². The van der Waals surface area contributed by atoms with Gasteiger partial charge in [-0.3, -0.25) is 4.79 Å². The number of carbonyl (C=O) groups excluding carboxylic acids is 1. The van der Waals surface area contributed by atoms with Crippen LogP contribution in [0, 0.1) is 6.92 Å². The summed E-state index contributed by atoms with van der Waals surface area (Å²) in [5.74, 6) is -0.484. The molecule has 142 valence electrons. The third-order valence-corrected chi connectivity index (χ3v) is 6.58. The van der Waals surface area contributed by atoms with Gasteiger partial charge in [0.25, 0.3) is 0 Å². The Morgan fingerprint density at radius 1 is 1.07 bits per heavy atom. The largest absolute Gasteiger partial charge is 0.350 e. The van der Waals surface area contributed by atoms with Crippen molar-refractivity contribution in [2.45, 2.75) is 24.5 Å². The monoisotopic (exact) mass is 425 g/mol. The van der Waals surface area contributed by atoms with E-state index in [1.54, 1.807) is 43.3 Å². The van der Waals surface area contributed by atoms with E-state index in [2.05, 4.69) is 4.72 Å². The molecule has 0 saturated carbocycles. The van der Waals surface area contributed by atoms with Crippen molar-refractivity contribution in [1.82, 2.24) is 4.72 Å². The molecule has 0 spiro atoms. The van der Waals surface area contributed by atoms with Gasteiger partial charge < -0.3 is 4.74 Å². The topological polar surface area (TPSA) is 72.5 Å². The Morgan fingerprint density at radius 2 is 1.70 bits per heavy atom. The standard InChI is InChI=1S/C19H17Cl2NO4S/c1-3-26-19(22-27(24,25)13-10-8-12(2)9-11-13)15-7-5-4-6-14(15)17(23)16(20)18(19)21/h4-11,22H,3H2,1-2H3/t19-/m1/s1. The maximum absolute atomic E-state index is 13.0. The van der Waals surface area contributed by atoms with E-state index in [4.69, 9.17) is 27.9 Å². The zero-order valence-corrected chi connectivity index (χ0v) is 17.0. The van der Waals surface area contributed by atoms with E-state index in [0.29, 0.717) is 5.56 Å². The molecule has 5 nitrogen and oxygen atoms in total. The molecule has 8 heteroatoms. The van der Waals surface area contributed by atoms with E-state index in [-0.39, 0.29) is 27.1 Å². The quantitative estimate of drug-likeness (QED) is 0.733. The Morgan fingerprint density at radius 3 is 2.33 bits per heavy atom. The summed E-state index contributed by atoms with van der Waals surface area (Å²) < 4.78 is 34.4. The van der Waals surface area contributed by atoms with Gasteiger partial charge in [0.05, 0.1) is 9.93 Å². The van der Waals surface area contributed by atoms with Crippen LogP contribution in [0.5, 0.6) is 0 Å². The number of ether oxygens (including phenoxy) is 1. The molecule has 1 N–H and O–H groups in total. The van der Waals surface area contributed by atoms with Crippen molar-refractivity contribution in [3.8, 4) is 0 Å². The SMILES string of the molecule is CCO[C@@]1(NS(=O)(=O)c2ccc(C)cc2)C(Cl)=C(Cl)C(=O)c2ccccc21. The van der Waals surface area contributed by atoms with Crippen molar-refractivity contribution in [1.29, 1.82) is 0 Å². The minimum atomic E-state index is -4.04. The number of fused-ring (bicyclic) bond motifs is 1. The summed E-state index contributed by atoms with van der Waals surface area (Å²) in [5, 5.41) is -0.499. The first-order valence-electron chi connectivity index (χ1n) is 8.17. The highest BCUT2D eigenvalue weighted by molar-refractivity contribution is 7.89. The molecular formula is C19H17Cl2NO4S. The molecule has 0 fully saturated rings. The van der Waals surface area contributed by atoms with Crippen molar-refractivity contribution >= 4 is 39.0 Å². The van der Waals surface area contributed by atoms with Gasteiger partial charge in [-0.15, -0.1) is 0 Å². The smallest absolute Gasteiger partial charge is 0.243 e. The van der Waals surface area contributed by atoms with Crippen molar-refractivity contribution in [3.05, 3.63) is 75.3 Å². The average Bonchev–Trinajstić information content (AvgIpc) is 2.65. The predicted octanol–water partition coefficient (Wildman–Crippen LogP) is 4.05. The summed E-state index contributed by atoms with van der Waals surface area (Å²) >= 11 is 12.5. The lowest BCUT2D eigenvalue weighted by Crippen LogP contribution is -2.51. The number of benzene rings is 2. The fourth-order valence-electron chi connectivity index (χ4n) is 2.93. The predicted molar refractivity (Wildman–Crippen MR) is 104 cm³/mol. The molecule has 0 radical (unpaired) electrons. The molecule has 0 unspecified atom stereocenters. The number of Topliss-reactive ketones (excluding diaryl/α,β-unsaturated/α-hetero) is 1. The lowest BCUT2D eigenvalue weighted by molar-refractivity contribution is -0.0195. The van der Waals surface area contributed by atoms with Gasteiger partial charge >= 0.3 is 0 Å². The number of rotatable bonds is 5. The Balaban J connectivity index is 2.21. The minimum Gasteiger partial charge on any atom is -0.350 e. The molecule has 0 heterocycles. The highest BCUT2D eigenvalue weighted by atomic mass is 35.5. The second-order valence-electron chi connectivity index (χ2n) is 6.04. The van der Waals surface area contributed by atoms with Crippen LogP contribution in [-0.2, 0) is 20.5 Å². The summed E-state index contributed by atoms with van der Waals surface area (Å²) in [4.78, 5) is 12.5. The Labute approximate surface area is 168 Å². The van der Waals surface area contributed by atoms with E-state index in [1.165, 1.54) is 12.1 Å². The Hall–Kier alpha value is -1.70. The van der Waals surface area contributed by atoms with Crippen LogP contribution in [0.1, 0.15) is 28.4 Å². The van der Waals surface area contributed by atoms with Crippen molar-refractivity contribution in [2.75, 3.05) is 6.61 Å². The van der Waals surface area contributed by atoms with Gasteiger partial charge in [0, 0.05) is 17.7 Å². The first-order chi connectivity index (χ1) is 12.7. The van der Waals surface area contributed by atoms with Gasteiger partial charge in [0.1, 0.15) is 5.03 Å². The molecule has 0 aromatic heterocycles. The zero-order chi connectivity index (χ0) is 19.8. The van der Waals surface area contributed by atoms with Gasteiger partial charge in [0.2, 0.25) is 15.8 Å². The van der Waals surface area contributed by atoms with Crippen LogP contribution in [0.2, 0.25) is 0 Å². The van der Waals surface area contributed by atoms with Crippen LogP contribution < -0.4 is 4.72 Å². The van der Waals surface area contributed by atoms with E-state index < -0.39 is 21.5 Å². The maximum Gasteiger partial charge on any atom is 0.243 e. The van der Waals surface area contributed by atoms with Crippen LogP contribution in [0.3, 0.4) is 0 Å². The third kappa shape index (κ3) is 3.44. The average molecular weight is 426 g/mol. The van der Waals surface area contributed by atoms with Gasteiger partial charge in [-0.05, 0) is 26.0 Å². The molecular weight excluding hydrogens is 409 g/mol. The third-order valence-electron chi connectivity index (χ3n) is 4.22. The molecule has 0 bridgehead atoms. The van der Waals surface area contributed by atoms with E-state index >= 15 is 0 Å². The Kier molecular flexibility index (Phi) is 5.47. The molecule has 27 heavy (non-hydrogen) atoms. The molecule has 2 aromatic rings. The molecule has 1 aliphatic carbocycles. The first-order valence-corrected chi connectivity index (χ1v) is 10.4. The Bertz CT molecular complexity index is 1030. The minimum absolute atomic E-state index is 0.0437. The number of sulfonamides is 1. The van der Waals surface area contributed by atoms with Gasteiger partial charge in [-0.25, -0.2) is 8.42 Å². The molecule has 0 amide bonds. The normalized spacial score (nSPS) is 19.9. The molecule has 1 aliphatic rings. The summed E-state index contributed by atoms with van der Waals surface area (Å²) in [7, 11) is -4.04. The molecule has 0 saturated heterocycles. The number of aryl methyl sites for hydroxylation is 1. The fraction of sp³-hybridized carbons (Fsp3) is 0.211. The van der Waals surface area contributed by atoms with Crippen molar-refractivity contribution in [3.63, 3.8) is 0 Å². The van der Waals surface area contributed by atoms with Crippen LogP contribution in [0.25, 0.3) is 0 Å². The lowest BCUT2D eigenvalue weighted by atomic mass is 9.89. The van der Waals surface area contributed by atoms with Crippen molar-refractivity contribution < 1.29 is 17.9 Å². The van der Waals surface area contributed by atoms with Crippen LogP contribution >= 0.6 is 23.2 Å². The molecule has 1 atom stereocenters. The molecule has 3 rings (SSSR count). The summed E-state index contributed by atoms with van der Waals surface area (Å²) in [6.07, 6.45) is 0. The summed E-state index contributed by atoms with van der Waals surface area (Å²) in [5.41, 5.74) is -0.348. The fourth-order valence-corrected chi connectivity index (χ4v) is 4.77. The van der Waals surface area contributed by atoms with Gasteiger partial charge in [-0.1, -0.05) is 65.2 Å². The number of hydrogen-bond acceptors (Lipinski definition) is 4. The van der Waals surface area contributed by atoms with Crippen LogP contribution in [0.4, 0.5) is 0 Å². The second kappa shape index (κ2) is 7.37. The highest BCUT2D eigenvalue weighted by Crippen LogP contribution is 2.44. The number of ketones is 1. The summed E-state index contributed by atoms with van der Waals surface area (Å²) in [6, 6.07) is 12.8. The number of hydrogen-bond donors (Lipinski definition) is 1. The molecule has 0 aliphatic heterocycles. The summed E-state index contributed by atoms with van der Waals surface area (Å²) in [6.45, 7) is 3.67. The lowest BCUT2D eigenvalue weighted by Gasteiger charge is -2.38. The zero-order valence-electron chi connectivity index (χ0n) is 14.6. The maximum atomic E-state index is 13.0. The number of nitrogens with one attached hydrogen (secondary N) is 1. The first kappa shape index (κ1) is 20.0. The van der Waals surface area contributed by atoms with E-state index in [1.807, 2.05) is 6.92 Å². The molecule has 2 aromatic carbocycles. The van der Waals surface area contributed by atoms with E-state index in [0.717, 1.165) is 5.56 Å². The number of allylic oxidation sites excluding steroid dienone is 1.